The predicted octanol–water partition coefficient (Wildman–Crippen LogP) is 1.08. The Balaban J connectivity index is 2.11. The minimum Gasteiger partial charge on any atom is -0.288 e. The monoisotopic (exact) mass is 235 g/mol. The smallest absolute Gasteiger partial charge is 0.270 e. The van der Waals surface area contributed by atoms with E-state index in [9.17, 15) is 9.18 Å². The number of hydrogen-bond acceptors (Lipinski definition) is 4. The van der Waals surface area contributed by atoms with Crippen molar-refractivity contribution in [2.75, 3.05) is 5.32 Å². The quantitative estimate of drug-likeness (QED) is 0.864. The van der Waals surface area contributed by atoms with Gasteiger partial charge < -0.3 is 0 Å². The molecule has 1 N–H and O–H groups in total. The highest BCUT2D eigenvalue weighted by Crippen LogP contribution is 2.05. The molecule has 7 heteroatoms. The van der Waals surface area contributed by atoms with Crippen LogP contribution < -0.4 is 5.32 Å². The molecule has 0 saturated heterocycles. The lowest BCUT2D eigenvalue weighted by molar-refractivity contribution is 0.102. The van der Waals surface area contributed by atoms with Gasteiger partial charge in [0.25, 0.3) is 11.9 Å². The average Bonchev–Trinajstić information content (AvgIpc) is 2.77. The van der Waals surface area contributed by atoms with Crippen LogP contribution >= 0.6 is 0 Å². The first kappa shape index (κ1) is 11.2. The van der Waals surface area contributed by atoms with E-state index in [4.69, 9.17) is 0 Å². The Morgan fingerprint density at radius 3 is 3.00 bits per heavy atom. The van der Waals surface area contributed by atoms with Crippen LogP contribution in [0.3, 0.4) is 0 Å². The molecule has 0 aliphatic carbocycles. The second kappa shape index (κ2) is 4.69. The van der Waals surface area contributed by atoms with Crippen LogP contribution in [0, 0.1) is 5.82 Å². The molecule has 0 saturated carbocycles. The number of halogens is 1. The summed E-state index contributed by atoms with van der Waals surface area (Å²) in [4.78, 5) is 13.0. The third kappa shape index (κ3) is 2.63. The van der Waals surface area contributed by atoms with Crippen molar-refractivity contribution in [3.63, 3.8) is 0 Å². The predicted molar refractivity (Wildman–Crippen MR) is 57.8 cm³/mol. The van der Waals surface area contributed by atoms with Crippen LogP contribution in [0.2, 0.25) is 0 Å². The van der Waals surface area contributed by atoms with Crippen molar-refractivity contribution >= 4 is 11.9 Å². The van der Waals surface area contributed by atoms with Crippen molar-refractivity contribution in [1.82, 2.24) is 20.2 Å². The van der Waals surface area contributed by atoms with Gasteiger partial charge in [-0.25, -0.2) is 4.39 Å². The molecule has 0 aliphatic rings. The number of hydrogen-bond donors (Lipinski definition) is 1. The summed E-state index contributed by atoms with van der Waals surface area (Å²) in [5, 5.41) is 13.6. The number of benzene rings is 1. The third-order valence-electron chi connectivity index (χ3n) is 2.05. The van der Waals surface area contributed by atoms with E-state index in [2.05, 4.69) is 20.7 Å². The van der Waals surface area contributed by atoms with Gasteiger partial charge in [0.05, 0.1) is 6.54 Å². The van der Waals surface area contributed by atoms with Gasteiger partial charge in [-0.15, -0.1) is 5.10 Å². The average molecular weight is 235 g/mol. The maximum absolute atomic E-state index is 12.9. The second-order valence-corrected chi connectivity index (χ2v) is 3.27. The van der Waals surface area contributed by atoms with E-state index >= 15 is 0 Å². The van der Waals surface area contributed by atoms with E-state index in [1.54, 1.807) is 0 Å². The maximum Gasteiger partial charge on any atom is 0.270 e. The number of carbonyl (C=O) groups excluding carboxylic acids is 1. The fourth-order valence-corrected chi connectivity index (χ4v) is 1.23. The van der Waals surface area contributed by atoms with E-state index in [1.165, 1.54) is 23.0 Å². The number of nitrogens with zero attached hydrogens (tertiary/aromatic N) is 4. The summed E-state index contributed by atoms with van der Waals surface area (Å²) in [7, 11) is 0. The number of nitrogens with one attached hydrogen (secondary N) is 1. The summed E-state index contributed by atoms with van der Waals surface area (Å²) in [5.41, 5.74) is 0.206. The van der Waals surface area contributed by atoms with Crippen molar-refractivity contribution < 1.29 is 9.18 Å². The molecular weight excluding hydrogens is 225 g/mol. The summed E-state index contributed by atoms with van der Waals surface area (Å²) < 4.78 is 12.9. The van der Waals surface area contributed by atoms with Gasteiger partial charge in [0.15, 0.2) is 0 Å². The lowest BCUT2D eigenvalue weighted by Crippen LogP contribution is -2.13. The molecule has 0 spiro atoms. The molecule has 0 atom stereocenters. The minimum atomic E-state index is -0.472. The third-order valence-corrected chi connectivity index (χ3v) is 2.05. The number of rotatable bonds is 3. The SMILES string of the molecule is CCn1nnc(NC(=O)c2cccc(F)c2)n1. The van der Waals surface area contributed by atoms with E-state index in [0.29, 0.717) is 6.54 Å². The molecule has 0 bridgehead atoms. The first-order valence-corrected chi connectivity index (χ1v) is 5.04. The van der Waals surface area contributed by atoms with Crippen LogP contribution in [0.15, 0.2) is 24.3 Å². The molecular formula is C10H10FN5O. The molecule has 0 aliphatic heterocycles. The standard InChI is InChI=1S/C10H10FN5O/c1-2-16-14-10(13-15-16)12-9(17)7-4-3-5-8(11)6-7/h3-6H,2H2,1H3,(H,12,14,17). The first-order chi connectivity index (χ1) is 8.19. The zero-order valence-corrected chi connectivity index (χ0v) is 9.09. The molecule has 1 aromatic carbocycles. The molecule has 1 aromatic heterocycles. The molecule has 6 nitrogen and oxygen atoms in total. The topological polar surface area (TPSA) is 72.7 Å². The van der Waals surface area contributed by atoms with Crippen molar-refractivity contribution in [2.24, 2.45) is 0 Å². The zero-order valence-electron chi connectivity index (χ0n) is 9.09. The first-order valence-electron chi connectivity index (χ1n) is 5.04. The fraction of sp³-hybridized carbons (Fsp3) is 0.200. The van der Waals surface area contributed by atoms with Crippen molar-refractivity contribution in [1.29, 1.82) is 0 Å². The van der Waals surface area contributed by atoms with Crippen LogP contribution in [-0.2, 0) is 6.54 Å². The zero-order chi connectivity index (χ0) is 12.3. The maximum atomic E-state index is 12.9. The summed E-state index contributed by atoms with van der Waals surface area (Å²) >= 11 is 0. The highest BCUT2D eigenvalue weighted by molar-refractivity contribution is 6.03. The lowest BCUT2D eigenvalue weighted by atomic mass is 10.2. The van der Waals surface area contributed by atoms with Gasteiger partial charge in [0, 0.05) is 5.56 Å². The highest BCUT2D eigenvalue weighted by Gasteiger charge is 2.09. The molecule has 17 heavy (non-hydrogen) atoms. The summed E-state index contributed by atoms with van der Waals surface area (Å²) in [6.45, 7) is 2.41. The minimum absolute atomic E-state index is 0.0983. The van der Waals surface area contributed by atoms with E-state index < -0.39 is 11.7 Å². The number of tetrazole rings is 1. The van der Waals surface area contributed by atoms with Gasteiger partial charge in [-0.05, 0) is 30.3 Å². The van der Waals surface area contributed by atoms with Gasteiger partial charge in [0.1, 0.15) is 5.82 Å². The van der Waals surface area contributed by atoms with Crippen molar-refractivity contribution in [2.45, 2.75) is 13.5 Å². The Morgan fingerprint density at radius 1 is 1.53 bits per heavy atom. The molecule has 88 valence electrons. The summed E-state index contributed by atoms with van der Waals surface area (Å²) in [5.74, 6) is -0.843. The number of anilines is 1. The molecule has 1 amide bonds. The van der Waals surface area contributed by atoms with E-state index in [-0.39, 0.29) is 11.5 Å². The molecule has 0 unspecified atom stereocenters. The Kier molecular flexibility index (Phi) is 3.08. The molecule has 0 fully saturated rings. The molecule has 0 radical (unpaired) electrons. The van der Waals surface area contributed by atoms with Gasteiger partial charge in [-0.2, -0.15) is 4.80 Å². The van der Waals surface area contributed by atoms with Gasteiger partial charge in [-0.1, -0.05) is 11.2 Å². The van der Waals surface area contributed by atoms with E-state index in [1.807, 2.05) is 6.92 Å². The molecule has 2 aromatic rings. The summed E-state index contributed by atoms with van der Waals surface area (Å²) in [6.07, 6.45) is 0. The normalized spacial score (nSPS) is 10.2. The molecule has 2 rings (SSSR count). The van der Waals surface area contributed by atoms with Crippen LogP contribution in [0.1, 0.15) is 17.3 Å². The Labute approximate surface area is 96.4 Å². The van der Waals surface area contributed by atoms with Crippen LogP contribution in [0.4, 0.5) is 10.3 Å². The Hall–Kier alpha value is -2.31. The number of aromatic nitrogens is 4. The largest absolute Gasteiger partial charge is 0.288 e. The number of amides is 1. The molecule has 1 heterocycles. The van der Waals surface area contributed by atoms with E-state index in [0.717, 1.165) is 6.07 Å². The van der Waals surface area contributed by atoms with Gasteiger partial charge in [-0.3, -0.25) is 10.1 Å². The van der Waals surface area contributed by atoms with Gasteiger partial charge in [0.2, 0.25) is 0 Å². The van der Waals surface area contributed by atoms with Crippen LogP contribution in [0.25, 0.3) is 0 Å². The van der Waals surface area contributed by atoms with Gasteiger partial charge >= 0.3 is 0 Å². The Bertz CT molecular complexity index is 539. The number of carbonyl (C=O) groups is 1. The summed E-state index contributed by atoms with van der Waals surface area (Å²) in [6, 6.07) is 5.37. The fourth-order valence-electron chi connectivity index (χ4n) is 1.23. The lowest BCUT2D eigenvalue weighted by Gasteiger charge is -2.00. The highest BCUT2D eigenvalue weighted by atomic mass is 19.1. The van der Waals surface area contributed by atoms with Crippen molar-refractivity contribution in [3.8, 4) is 0 Å². The Morgan fingerprint density at radius 2 is 2.35 bits per heavy atom. The van der Waals surface area contributed by atoms with Crippen LogP contribution in [0.5, 0.6) is 0 Å². The van der Waals surface area contributed by atoms with Crippen LogP contribution in [-0.4, -0.2) is 26.1 Å². The number of aryl methyl sites for hydroxylation is 1. The second-order valence-electron chi connectivity index (χ2n) is 3.27. The van der Waals surface area contributed by atoms with Crippen molar-refractivity contribution in [3.05, 3.63) is 35.6 Å².